The van der Waals surface area contributed by atoms with Gasteiger partial charge in [-0.1, -0.05) is 18.2 Å². The monoisotopic (exact) mass is 327 g/mol. The third-order valence-corrected chi connectivity index (χ3v) is 5.64. The van der Waals surface area contributed by atoms with Gasteiger partial charge in [-0.2, -0.15) is 0 Å². The molecule has 3 aliphatic rings. The Morgan fingerprint density at radius 2 is 1.75 bits per heavy atom. The van der Waals surface area contributed by atoms with E-state index in [2.05, 4.69) is 9.88 Å². The van der Waals surface area contributed by atoms with Crippen molar-refractivity contribution in [1.82, 2.24) is 4.90 Å². The van der Waals surface area contributed by atoms with Crippen LogP contribution in [0.5, 0.6) is 0 Å². The Hall–Kier alpha value is -2.37. The Bertz CT molecular complexity index is 667. The van der Waals surface area contributed by atoms with Crippen LogP contribution in [0.15, 0.2) is 36.5 Å². The summed E-state index contributed by atoms with van der Waals surface area (Å²) in [7, 11) is 0. The van der Waals surface area contributed by atoms with Gasteiger partial charge >= 0.3 is 0 Å². The molecule has 2 fully saturated rings. The Balaban J connectivity index is 1.43. The molecule has 1 aromatic heterocycles. The summed E-state index contributed by atoms with van der Waals surface area (Å²) in [6.07, 6.45) is 6.62. The lowest BCUT2D eigenvalue weighted by Crippen LogP contribution is -2.53. The second-order valence-electron chi connectivity index (χ2n) is 6.88. The van der Waals surface area contributed by atoms with Crippen LogP contribution in [0.4, 0.5) is 5.82 Å². The van der Waals surface area contributed by atoms with Crippen molar-refractivity contribution < 1.29 is 19.7 Å². The molecule has 4 atom stereocenters. The average Bonchev–Trinajstić information content (AvgIpc) is 3.23. The van der Waals surface area contributed by atoms with Crippen LogP contribution in [0.1, 0.15) is 6.42 Å². The van der Waals surface area contributed by atoms with Crippen molar-refractivity contribution >= 4 is 17.7 Å². The van der Waals surface area contributed by atoms with Gasteiger partial charge in [-0.15, -0.1) is 0 Å². The first-order valence-electron chi connectivity index (χ1n) is 8.55. The maximum atomic E-state index is 12.9. The Kier molecular flexibility index (Phi) is 3.75. The number of carboxylic acid groups (broad SMARTS) is 1. The number of nitrogens with zero attached hydrogens (tertiary/aromatic N) is 2. The van der Waals surface area contributed by atoms with E-state index in [9.17, 15) is 14.7 Å². The largest absolute Gasteiger partial charge is 0.550 e. The number of nitrogens with one attached hydrogen (secondary N) is 1. The normalized spacial score (nSPS) is 31.5. The van der Waals surface area contributed by atoms with E-state index >= 15 is 0 Å². The molecule has 1 amide bonds. The van der Waals surface area contributed by atoms with Gasteiger partial charge in [-0.3, -0.25) is 9.69 Å². The summed E-state index contributed by atoms with van der Waals surface area (Å²) >= 11 is 0. The van der Waals surface area contributed by atoms with Crippen LogP contribution in [0.2, 0.25) is 0 Å². The predicted octanol–water partition coefficient (Wildman–Crippen LogP) is -0.662. The topological polar surface area (TPSA) is 77.8 Å². The van der Waals surface area contributed by atoms with Crippen molar-refractivity contribution in [3.8, 4) is 0 Å². The Morgan fingerprint density at radius 1 is 1.04 bits per heavy atom. The molecule has 0 spiro atoms. The Morgan fingerprint density at radius 3 is 2.38 bits per heavy atom. The van der Waals surface area contributed by atoms with Crippen molar-refractivity contribution in [2.45, 2.75) is 6.42 Å². The highest BCUT2D eigenvalue weighted by atomic mass is 16.4. The SMILES string of the molecule is O=C([O-])[C@@H]1[C@@H](C(=O)N2CCN(c3cccc[nH+]3)CC2)[C@@H]2C=C[C@@H]1C2. The highest BCUT2D eigenvalue weighted by Crippen LogP contribution is 2.48. The molecule has 2 bridgehead atoms. The number of carbonyl (C=O) groups excluding carboxylic acids is 2. The predicted molar refractivity (Wildman–Crippen MR) is 84.5 cm³/mol. The van der Waals surface area contributed by atoms with E-state index in [1.54, 1.807) is 0 Å². The second-order valence-corrected chi connectivity index (χ2v) is 6.88. The van der Waals surface area contributed by atoms with Gasteiger partial charge < -0.3 is 14.8 Å². The summed E-state index contributed by atoms with van der Waals surface area (Å²) in [6, 6.07) is 5.94. The zero-order valence-corrected chi connectivity index (χ0v) is 13.4. The van der Waals surface area contributed by atoms with Gasteiger partial charge in [0.15, 0.2) is 0 Å². The molecule has 2 heterocycles. The van der Waals surface area contributed by atoms with Crippen LogP contribution in [-0.2, 0) is 9.59 Å². The number of rotatable bonds is 3. The van der Waals surface area contributed by atoms with Crippen molar-refractivity contribution in [3.63, 3.8) is 0 Å². The molecule has 0 aromatic carbocycles. The molecule has 2 aliphatic carbocycles. The summed E-state index contributed by atoms with van der Waals surface area (Å²) in [5.74, 6) is -1.13. The number of aromatic nitrogens is 1. The maximum absolute atomic E-state index is 12.9. The number of anilines is 1. The quantitative estimate of drug-likeness (QED) is 0.691. The summed E-state index contributed by atoms with van der Waals surface area (Å²) < 4.78 is 0. The summed E-state index contributed by atoms with van der Waals surface area (Å²) in [4.78, 5) is 31.7. The highest BCUT2D eigenvalue weighted by molar-refractivity contribution is 5.86. The number of carboxylic acids is 1. The fourth-order valence-corrected chi connectivity index (χ4v) is 4.44. The van der Waals surface area contributed by atoms with Crippen LogP contribution in [0.3, 0.4) is 0 Å². The molecule has 24 heavy (non-hydrogen) atoms. The molecule has 1 aliphatic heterocycles. The zero-order valence-electron chi connectivity index (χ0n) is 13.4. The summed E-state index contributed by atoms with van der Waals surface area (Å²) in [5.41, 5.74) is 0. The number of H-pyrrole nitrogens is 1. The van der Waals surface area contributed by atoms with E-state index in [0.29, 0.717) is 13.1 Å². The minimum atomic E-state index is -1.08. The molecule has 1 aromatic rings. The first-order chi connectivity index (χ1) is 11.6. The summed E-state index contributed by atoms with van der Waals surface area (Å²) in [6.45, 7) is 2.75. The number of piperazine rings is 1. The second kappa shape index (κ2) is 5.92. The van der Waals surface area contributed by atoms with Gasteiger partial charge in [-0.05, 0) is 24.3 Å². The smallest absolute Gasteiger partial charge is 0.274 e. The third kappa shape index (κ3) is 2.46. The standard InChI is InChI=1S/C18H21N3O3/c22-17(15-12-4-5-13(11-12)16(15)18(23)24)21-9-7-20(8-10-21)14-3-1-2-6-19-14/h1-6,12-13,15-16H,7-11H2,(H,23,24)/t12-,13-,15+,16+/m1/s1. The van der Waals surface area contributed by atoms with E-state index in [1.165, 1.54) is 0 Å². The lowest BCUT2D eigenvalue weighted by atomic mass is 9.82. The number of pyridine rings is 1. The van der Waals surface area contributed by atoms with E-state index in [0.717, 1.165) is 25.3 Å². The number of aromatic amines is 1. The molecule has 0 unspecified atom stereocenters. The number of allylic oxidation sites excluding steroid dienone is 2. The average molecular weight is 327 g/mol. The minimum Gasteiger partial charge on any atom is -0.550 e. The number of amides is 1. The lowest BCUT2D eigenvalue weighted by molar-refractivity contribution is -0.364. The molecule has 6 nitrogen and oxygen atoms in total. The van der Waals surface area contributed by atoms with Crippen LogP contribution in [0, 0.1) is 23.7 Å². The number of fused-ring (bicyclic) bond motifs is 2. The van der Waals surface area contributed by atoms with Crippen molar-refractivity contribution in [1.29, 1.82) is 0 Å². The molecule has 1 saturated carbocycles. The van der Waals surface area contributed by atoms with Crippen LogP contribution >= 0.6 is 0 Å². The van der Waals surface area contributed by atoms with E-state index < -0.39 is 17.8 Å². The third-order valence-electron chi connectivity index (χ3n) is 5.64. The Labute approximate surface area is 140 Å². The van der Waals surface area contributed by atoms with Gasteiger partial charge in [0.25, 0.3) is 5.82 Å². The van der Waals surface area contributed by atoms with Crippen molar-refractivity contribution in [2.24, 2.45) is 23.7 Å². The molecular weight excluding hydrogens is 306 g/mol. The van der Waals surface area contributed by atoms with Gasteiger partial charge in [0.05, 0.1) is 25.2 Å². The summed E-state index contributed by atoms with van der Waals surface area (Å²) in [5, 5.41) is 11.5. The molecular formula is C18H21N3O3. The maximum Gasteiger partial charge on any atom is 0.274 e. The van der Waals surface area contributed by atoms with E-state index in [4.69, 9.17) is 0 Å². The number of hydrogen-bond acceptors (Lipinski definition) is 4. The van der Waals surface area contributed by atoms with Crippen LogP contribution in [0.25, 0.3) is 0 Å². The van der Waals surface area contributed by atoms with E-state index in [1.807, 2.05) is 41.4 Å². The fourth-order valence-electron chi connectivity index (χ4n) is 4.44. The zero-order chi connectivity index (χ0) is 16.7. The van der Waals surface area contributed by atoms with Gasteiger partial charge in [0.1, 0.15) is 13.1 Å². The molecule has 1 N–H and O–H groups in total. The number of hydrogen-bond donors (Lipinski definition) is 0. The number of aliphatic carboxylic acids is 1. The van der Waals surface area contributed by atoms with E-state index in [-0.39, 0.29) is 17.7 Å². The van der Waals surface area contributed by atoms with Gasteiger partial charge in [0, 0.05) is 18.0 Å². The molecule has 0 radical (unpaired) electrons. The molecule has 126 valence electrons. The van der Waals surface area contributed by atoms with Crippen molar-refractivity contribution in [3.05, 3.63) is 36.5 Å². The van der Waals surface area contributed by atoms with Gasteiger partial charge in [-0.25, -0.2) is 4.98 Å². The number of carbonyl (C=O) groups is 2. The minimum absolute atomic E-state index is 0.0160. The molecule has 6 heteroatoms. The van der Waals surface area contributed by atoms with Gasteiger partial charge in [0.2, 0.25) is 5.91 Å². The van der Waals surface area contributed by atoms with Crippen LogP contribution in [-0.4, -0.2) is 43.0 Å². The molecule has 1 saturated heterocycles. The van der Waals surface area contributed by atoms with Crippen LogP contribution < -0.4 is 15.0 Å². The lowest BCUT2D eigenvalue weighted by Gasteiger charge is -2.36. The first kappa shape index (κ1) is 15.2. The molecule has 4 rings (SSSR count). The fraction of sp³-hybridized carbons (Fsp3) is 0.500. The van der Waals surface area contributed by atoms with Crippen molar-refractivity contribution in [2.75, 3.05) is 31.1 Å². The highest BCUT2D eigenvalue weighted by Gasteiger charge is 2.50. The first-order valence-corrected chi connectivity index (χ1v) is 8.55.